The fourth-order valence-corrected chi connectivity index (χ4v) is 1.87. The van der Waals surface area contributed by atoms with E-state index in [9.17, 15) is 9.59 Å². The molecule has 0 bridgehead atoms. The highest BCUT2D eigenvalue weighted by Gasteiger charge is 2.07. The summed E-state index contributed by atoms with van der Waals surface area (Å²) in [5, 5.41) is 5.42. The lowest BCUT2D eigenvalue weighted by atomic mass is 10.1. The number of nitrogens with two attached hydrogens (primary N) is 1. The summed E-state index contributed by atoms with van der Waals surface area (Å²) in [5.41, 5.74) is 7.00. The van der Waals surface area contributed by atoms with E-state index in [1.54, 1.807) is 25.1 Å². The van der Waals surface area contributed by atoms with Crippen molar-refractivity contribution in [1.82, 2.24) is 5.32 Å². The number of carbonyl (C=O) groups excluding carboxylic acids is 2. The third-order valence-electron chi connectivity index (χ3n) is 3.15. The number of hydrogen-bond acceptors (Lipinski definition) is 3. The molecule has 0 fully saturated rings. The molecule has 1 aromatic rings. The molecule has 0 saturated carbocycles. The molecule has 0 aliphatic heterocycles. The van der Waals surface area contributed by atoms with Gasteiger partial charge in [0, 0.05) is 31.0 Å². The Morgan fingerprint density at radius 3 is 2.64 bits per heavy atom. The molecule has 0 radical (unpaired) electrons. The summed E-state index contributed by atoms with van der Waals surface area (Å²) in [6, 6.07) is 4.74. The summed E-state index contributed by atoms with van der Waals surface area (Å²) < 4.78 is 5.41. The molecule has 22 heavy (non-hydrogen) atoms. The van der Waals surface area contributed by atoms with Crippen LogP contribution < -0.4 is 16.4 Å². The average molecular weight is 307 g/mol. The van der Waals surface area contributed by atoms with Crippen molar-refractivity contribution in [2.75, 3.05) is 25.1 Å². The van der Waals surface area contributed by atoms with Crippen LogP contribution in [0.2, 0.25) is 0 Å². The Morgan fingerprint density at radius 1 is 1.23 bits per heavy atom. The minimum absolute atomic E-state index is 0.312. The molecule has 4 N–H and O–H groups in total. The third kappa shape index (κ3) is 6.58. The van der Waals surface area contributed by atoms with Gasteiger partial charge in [-0.05, 0) is 37.5 Å². The van der Waals surface area contributed by atoms with Gasteiger partial charge in [-0.2, -0.15) is 0 Å². The monoisotopic (exact) mass is 307 g/mol. The topological polar surface area (TPSA) is 93.4 Å². The lowest BCUT2D eigenvalue weighted by Crippen LogP contribution is -2.30. The molecule has 0 saturated heterocycles. The van der Waals surface area contributed by atoms with Gasteiger partial charge in [0.25, 0.3) is 0 Å². The van der Waals surface area contributed by atoms with E-state index in [1.807, 2.05) is 0 Å². The second-order valence-electron chi connectivity index (χ2n) is 5.09. The Balaban J connectivity index is 2.30. The Bertz CT molecular complexity index is 503. The summed E-state index contributed by atoms with van der Waals surface area (Å²) >= 11 is 0. The van der Waals surface area contributed by atoms with Gasteiger partial charge in [-0.3, -0.25) is 4.79 Å². The van der Waals surface area contributed by atoms with Gasteiger partial charge in [0.2, 0.25) is 5.91 Å². The molecule has 0 aliphatic carbocycles. The van der Waals surface area contributed by atoms with Crippen LogP contribution >= 0.6 is 0 Å². The molecular weight excluding hydrogens is 282 g/mol. The minimum Gasteiger partial charge on any atom is -0.381 e. The van der Waals surface area contributed by atoms with Gasteiger partial charge in [0.15, 0.2) is 0 Å². The van der Waals surface area contributed by atoms with Crippen LogP contribution in [0.15, 0.2) is 18.2 Å². The molecule has 0 heterocycles. The van der Waals surface area contributed by atoms with E-state index in [1.165, 1.54) is 0 Å². The number of urea groups is 1. The van der Waals surface area contributed by atoms with Crippen LogP contribution in [0, 0.1) is 6.92 Å². The Labute approximate surface area is 131 Å². The van der Waals surface area contributed by atoms with E-state index >= 15 is 0 Å². The lowest BCUT2D eigenvalue weighted by molar-refractivity contribution is 0.0999. The van der Waals surface area contributed by atoms with E-state index in [0.29, 0.717) is 24.4 Å². The predicted octanol–water partition coefficient (Wildman–Crippen LogP) is 2.42. The van der Waals surface area contributed by atoms with Crippen molar-refractivity contribution in [3.8, 4) is 0 Å². The Hall–Kier alpha value is -2.08. The summed E-state index contributed by atoms with van der Waals surface area (Å²) in [4.78, 5) is 23.0. The highest BCUT2D eigenvalue weighted by molar-refractivity contribution is 5.97. The molecule has 1 rings (SSSR count). The van der Waals surface area contributed by atoms with Crippen LogP contribution in [0.3, 0.4) is 0 Å². The van der Waals surface area contributed by atoms with Crippen LogP contribution in [0.4, 0.5) is 10.5 Å². The molecule has 0 spiro atoms. The van der Waals surface area contributed by atoms with Crippen molar-refractivity contribution < 1.29 is 14.3 Å². The van der Waals surface area contributed by atoms with E-state index in [4.69, 9.17) is 10.5 Å². The number of hydrogen-bond donors (Lipinski definition) is 3. The first-order valence-corrected chi connectivity index (χ1v) is 7.57. The van der Waals surface area contributed by atoms with Crippen LogP contribution in [0.25, 0.3) is 0 Å². The van der Waals surface area contributed by atoms with Crippen molar-refractivity contribution in [3.63, 3.8) is 0 Å². The fourth-order valence-electron chi connectivity index (χ4n) is 1.87. The maximum atomic E-state index is 11.7. The number of carbonyl (C=O) groups is 2. The number of nitrogens with one attached hydrogen (secondary N) is 2. The number of primary amides is 1. The highest BCUT2D eigenvalue weighted by Crippen LogP contribution is 2.14. The summed E-state index contributed by atoms with van der Waals surface area (Å²) in [5.74, 6) is -0.509. The first-order valence-electron chi connectivity index (χ1n) is 7.57. The normalized spacial score (nSPS) is 10.3. The highest BCUT2D eigenvalue weighted by atomic mass is 16.5. The van der Waals surface area contributed by atoms with E-state index < -0.39 is 5.91 Å². The van der Waals surface area contributed by atoms with Gasteiger partial charge in [-0.15, -0.1) is 0 Å². The second kappa shape index (κ2) is 9.78. The molecule has 0 atom stereocenters. The minimum atomic E-state index is -0.509. The molecule has 6 heteroatoms. The van der Waals surface area contributed by atoms with Crippen molar-refractivity contribution >= 4 is 17.6 Å². The second-order valence-corrected chi connectivity index (χ2v) is 5.09. The predicted molar refractivity (Wildman–Crippen MR) is 87.1 cm³/mol. The number of benzene rings is 1. The molecule has 0 unspecified atom stereocenters. The zero-order valence-electron chi connectivity index (χ0n) is 13.3. The maximum Gasteiger partial charge on any atom is 0.319 e. The van der Waals surface area contributed by atoms with Crippen molar-refractivity contribution in [1.29, 1.82) is 0 Å². The van der Waals surface area contributed by atoms with Crippen LogP contribution in [0.5, 0.6) is 0 Å². The van der Waals surface area contributed by atoms with Crippen LogP contribution in [-0.4, -0.2) is 31.7 Å². The van der Waals surface area contributed by atoms with E-state index in [-0.39, 0.29) is 6.03 Å². The zero-order valence-corrected chi connectivity index (χ0v) is 13.3. The molecule has 0 aromatic heterocycles. The number of aryl methyl sites for hydroxylation is 1. The van der Waals surface area contributed by atoms with Gasteiger partial charge in [0.05, 0.1) is 0 Å². The number of amides is 3. The largest absolute Gasteiger partial charge is 0.381 e. The molecular formula is C16H25N3O3. The van der Waals surface area contributed by atoms with Crippen molar-refractivity contribution in [2.45, 2.75) is 33.1 Å². The number of ether oxygens (including phenoxy) is 1. The number of anilines is 1. The lowest BCUT2D eigenvalue weighted by Gasteiger charge is -2.10. The van der Waals surface area contributed by atoms with Crippen molar-refractivity contribution in [3.05, 3.63) is 29.3 Å². The van der Waals surface area contributed by atoms with Gasteiger partial charge in [-0.25, -0.2) is 4.79 Å². The Kier molecular flexibility index (Phi) is 7.99. The van der Waals surface area contributed by atoms with Gasteiger partial charge >= 0.3 is 6.03 Å². The van der Waals surface area contributed by atoms with Crippen LogP contribution in [-0.2, 0) is 4.74 Å². The summed E-state index contributed by atoms with van der Waals surface area (Å²) in [6.45, 7) is 5.84. The Morgan fingerprint density at radius 2 is 1.95 bits per heavy atom. The van der Waals surface area contributed by atoms with Crippen molar-refractivity contribution in [2.24, 2.45) is 5.73 Å². The molecule has 1 aromatic carbocycles. The fraction of sp³-hybridized carbons (Fsp3) is 0.500. The smallest absolute Gasteiger partial charge is 0.319 e. The standard InChI is InChI=1S/C16H25N3O3/c1-3-4-9-22-10-5-8-18-16(21)19-13-7-6-12(2)14(11-13)15(17)20/h6-7,11H,3-5,8-10H2,1-2H3,(H2,17,20)(H2,18,19,21). The van der Waals surface area contributed by atoms with Gasteiger partial charge < -0.3 is 21.1 Å². The average Bonchev–Trinajstić information content (AvgIpc) is 2.48. The van der Waals surface area contributed by atoms with Crippen LogP contribution in [0.1, 0.15) is 42.1 Å². The summed E-state index contributed by atoms with van der Waals surface area (Å²) in [7, 11) is 0. The molecule has 6 nitrogen and oxygen atoms in total. The van der Waals surface area contributed by atoms with Gasteiger partial charge in [-0.1, -0.05) is 19.4 Å². The molecule has 122 valence electrons. The maximum absolute atomic E-state index is 11.7. The first kappa shape index (κ1) is 18.0. The number of unbranched alkanes of at least 4 members (excludes halogenated alkanes) is 1. The molecule has 3 amide bonds. The molecule has 0 aliphatic rings. The third-order valence-corrected chi connectivity index (χ3v) is 3.15. The SMILES string of the molecule is CCCCOCCCNC(=O)Nc1ccc(C)c(C(N)=O)c1. The first-order chi connectivity index (χ1) is 10.5. The zero-order chi connectivity index (χ0) is 16.4. The van der Waals surface area contributed by atoms with E-state index in [0.717, 1.165) is 31.4 Å². The van der Waals surface area contributed by atoms with E-state index in [2.05, 4.69) is 17.6 Å². The number of rotatable bonds is 9. The quantitative estimate of drug-likeness (QED) is 0.612. The summed E-state index contributed by atoms with van der Waals surface area (Å²) in [6.07, 6.45) is 2.94. The van der Waals surface area contributed by atoms with Gasteiger partial charge in [0.1, 0.15) is 0 Å².